The molecule has 1 rings (SSSR count). The molecule has 0 spiro atoms. The first-order chi connectivity index (χ1) is 8.99. The van der Waals surface area contributed by atoms with Gasteiger partial charge in [0.2, 0.25) is 0 Å². The predicted molar refractivity (Wildman–Crippen MR) is 79.8 cm³/mol. The minimum absolute atomic E-state index is 0.149. The summed E-state index contributed by atoms with van der Waals surface area (Å²) < 4.78 is 11.4. The topological polar surface area (TPSA) is 30.5 Å². The quantitative estimate of drug-likeness (QED) is 0.820. The third-order valence-corrected chi connectivity index (χ3v) is 3.57. The van der Waals surface area contributed by atoms with Gasteiger partial charge in [0.15, 0.2) is 0 Å². The molecule has 0 radical (unpaired) electrons. The van der Waals surface area contributed by atoms with Gasteiger partial charge in [0, 0.05) is 5.56 Å². The fraction of sp³-hybridized carbons (Fsp3) is 0.625. The SMILES string of the molecule is CNC(COC(C)C(C)C)c1cc(C)ccc1OC. The molecular formula is C16H27NO2. The Morgan fingerprint density at radius 1 is 1.21 bits per heavy atom. The van der Waals surface area contributed by atoms with Crippen molar-refractivity contribution in [2.75, 3.05) is 20.8 Å². The summed E-state index contributed by atoms with van der Waals surface area (Å²) in [4.78, 5) is 0. The van der Waals surface area contributed by atoms with Crippen LogP contribution < -0.4 is 10.1 Å². The Balaban J connectivity index is 2.82. The molecule has 1 N–H and O–H groups in total. The van der Waals surface area contributed by atoms with Crippen LogP contribution in [0.25, 0.3) is 0 Å². The molecule has 0 aliphatic rings. The summed E-state index contributed by atoms with van der Waals surface area (Å²) in [5, 5.41) is 3.31. The van der Waals surface area contributed by atoms with Crippen LogP contribution in [0.5, 0.6) is 5.75 Å². The molecule has 2 unspecified atom stereocenters. The molecule has 108 valence electrons. The molecule has 0 aliphatic carbocycles. The Bertz CT molecular complexity index is 390. The summed E-state index contributed by atoms with van der Waals surface area (Å²) >= 11 is 0. The number of methoxy groups -OCH3 is 1. The highest BCUT2D eigenvalue weighted by Gasteiger charge is 2.17. The van der Waals surface area contributed by atoms with Gasteiger partial charge >= 0.3 is 0 Å². The van der Waals surface area contributed by atoms with Crippen LogP contribution in [0.3, 0.4) is 0 Å². The summed E-state index contributed by atoms with van der Waals surface area (Å²) in [6.07, 6.45) is 0.256. The highest BCUT2D eigenvalue weighted by Crippen LogP contribution is 2.27. The van der Waals surface area contributed by atoms with Gasteiger partial charge in [-0.05, 0) is 32.9 Å². The Labute approximate surface area is 117 Å². The Morgan fingerprint density at radius 2 is 1.89 bits per heavy atom. The van der Waals surface area contributed by atoms with E-state index in [1.54, 1.807) is 7.11 Å². The number of ether oxygens (including phenoxy) is 2. The molecule has 0 heterocycles. The molecule has 0 fully saturated rings. The van der Waals surface area contributed by atoms with E-state index in [-0.39, 0.29) is 12.1 Å². The Morgan fingerprint density at radius 3 is 2.42 bits per heavy atom. The van der Waals surface area contributed by atoms with Gasteiger partial charge < -0.3 is 14.8 Å². The zero-order valence-electron chi connectivity index (χ0n) is 13.0. The lowest BCUT2D eigenvalue weighted by Gasteiger charge is -2.23. The van der Waals surface area contributed by atoms with Crippen LogP contribution >= 0.6 is 0 Å². The van der Waals surface area contributed by atoms with Crippen LogP contribution in [0.2, 0.25) is 0 Å². The maximum Gasteiger partial charge on any atom is 0.123 e. The number of hydrogen-bond donors (Lipinski definition) is 1. The average Bonchev–Trinajstić information content (AvgIpc) is 2.39. The third kappa shape index (κ3) is 4.51. The fourth-order valence-electron chi connectivity index (χ4n) is 1.90. The van der Waals surface area contributed by atoms with E-state index in [2.05, 4.69) is 45.1 Å². The summed E-state index contributed by atoms with van der Waals surface area (Å²) in [5.41, 5.74) is 2.38. The number of rotatable bonds is 7. The monoisotopic (exact) mass is 265 g/mol. The van der Waals surface area contributed by atoms with Gasteiger partial charge in [-0.2, -0.15) is 0 Å². The second-order valence-corrected chi connectivity index (χ2v) is 5.37. The molecule has 0 amide bonds. The molecule has 0 saturated carbocycles. The molecule has 19 heavy (non-hydrogen) atoms. The predicted octanol–water partition coefficient (Wildman–Crippen LogP) is 3.33. The number of nitrogens with one attached hydrogen (secondary N) is 1. The zero-order valence-corrected chi connectivity index (χ0v) is 13.0. The van der Waals surface area contributed by atoms with Gasteiger partial charge in [0.25, 0.3) is 0 Å². The van der Waals surface area contributed by atoms with Gasteiger partial charge in [-0.15, -0.1) is 0 Å². The van der Waals surface area contributed by atoms with E-state index in [0.717, 1.165) is 11.3 Å². The van der Waals surface area contributed by atoms with Crippen molar-refractivity contribution in [1.82, 2.24) is 5.32 Å². The first kappa shape index (κ1) is 16.0. The first-order valence-electron chi connectivity index (χ1n) is 6.93. The number of likely N-dealkylation sites (N-methyl/N-ethyl adjacent to an activating group) is 1. The Kier molecular flexibility index (Phi) is 6.32. The summed E-state index contributed by atoms with van der Waals surface area (Å²) in [5.74, 6) is 1.43. The lowest BCUT2D eigenvalue weighted by Crippen LogP contribution is -2.26. The highest BCUT2D eigenvalue weighted by molar-refractivity contribution is 5.39. The van der Waals surface area contributed by atoms with Crippen molar-refractivity contribution in [1.29, 1.82) is 0 Å². The van der Waals surface area contributed by atoms with Crippen LogP contribution in [0, 0.1) is 12.8 Å². The van der Waals surface area contributed by atoms with Crippen molar-refractivity contribution >= 4 is 0 Å². The number of aryl methyl sites for hydroxylation is 1. The number of benzene rings is 1. The van der Waals surface area contributed by atoms with Crippen molar-refractivity contribution < 1.29 is 9.47 Å². The van der Waals surface area contributed by atoms with Crippen LogP contribution in [-0.2, 0) is 4.74 Å². The second-order valence-electron chi connectivity index (χ2n) is 5.37. The third-order valence-electron chi connectivity index (χ3n) is 3.57. The van der Waals surface area contributed by atoms with Gasteiger partial charge in [-0.1, -0.05) is 31.5 Å². The minimum atomic E-state index is 0.149. The van der Waals surface area contributed by atoms with Gasteiger partial charge in [-0.25, -0.2) is 0 Å². The second kappa shape index (κ2) is 7.51. The standard InChI is InChI=1S/C16H27NO2/c1-11(2)13(4)19-10-15(17-5)14-9-12(3)7-8-16(14)18-6/h7-9,11,13,15,17H,10H2,1-6H3. The molecule has 0 aliphatic heterocycles. The average molecular weight is 265 g/mol. The zero-order chi connectivity index (χ0) is 14.4. The molecule has 1 aromatic rings. The van der Waals surface area contributed by atoms with E-state index < -0.39 is 0 Å². The maximum atomic E-state index is 5.93. The van der Waals surface area contributed by atoms with Crippen LogP contribution in [-0.4, -0.2) is 26.9 Å². The maximum absolute atomic E-state index is 5.93. The molecule has 3 heteroatoms. The lowest BCUT2D eigenvalue weighted by atomic mass is 10.0. The molecule has 0 bridgehead atoms. The van der Waals surface area contributed by atoms with E-state index >= 15 is 0 Å². The number of hydrogen-bond acceptors (Lipinski definition) is 3. The molecule has 0 aromatic heterocycles. The van der Waals surface area contributed by atoms with E-state index in [0.29, 0.717) is 12.5 Å². The van der Waals surface area contributed by atoms with Crippen LogP contribution in [0.1, 0.15) is 37.9 Å². The summed E-state index contributed by atoms with van der Waals surface area (Å²) in [6, 6.07) is 6.38. The van der Waals surface area contributed by atoms with E-state index in [1.807, 2.05) is 13.1 Å². The van der Waals surface area contributed by atoms with Crippen molar-refractivity contribution in [2.24, 2.45) is 5.92 Å². The van der Waals surface area contributed by atoms with Crippen LogP contribution in [0.15, 0.2) is 18.2 Å². The largest absolute Gasteiger partial charge is 0.496 e. The molecular weight excluding hydrogens is 238 g/mol. The molecule has 3 nitrogen and oxygen atoms in total. The fourth-order valence-corrected chi connectivity index (χ4v) is 1.90. The first-order valence-corrected chi connectivity index (χ1v) is 6.93. The van der Waals surface area contributed by atoms with Gasteiger partial charge in [0.1, 0.15) is 5.75 Å². The minimum Gasteiger partial charge on any atom is -0.496 e. The van der Waals surface area contributed by atoms with E-state index in [9.17, 15) is 0 Å². The highest BCUT2D eigenvalue weighted by atomic mass is 16.5. The van der Waals surface area contributed by atoms with Crippen molar-refractivity contribution in [3.8, 4) is 5.75 Å². The van der Waals surface area contributed by atoms with Crippen molar-refractivity contribution in [3.63, 3.8) is 0 Å². The summed E-state index contributed by atoms with van der Waals surface area (Å²) in [7, 11) is 3.66. The van der Waals surface area contributed by atoms with Gasteiger partial charge in [0.05, 0.1) is 25.9 Å². The molecule has 2 atom stereocenters. The molecule has 1 aromatic carbocycles. The van der Waals surface area contributed by atoms with Gasteiger partial charge in [-0.3, -0.25) is 0 Å². The smallest absolute Gasteiger partial charge is 0.123 e. The normalized spacial score (nSPS) is 14.5. The van der Waals surface area contributed by atoms with Crippen molar-refractivity contribution in [3.05, 3.63) is 29.3 Å². The van der Waals surface area contributed by atoms with Crippen LogP contribution in [0.4, 0.5) is 0 Å². The Hall–Kier alpha value is -1.06. The summed E-state index contributed by atoms with van der Waals surface area (Å²) in [6.45, 7) is 9.20. The van der Waals surface area contributed by atoms with E-state index in [4.69, 9.17) is 9.47 Å². The molecule has 0 saturated heterocycles. The van der Waals surface area contributed by atoms with Crippen molar-refractivity contribution in [2.45, 2.75) is 39.8 Å². The lowest BCUT2D eigenvalue weighted by molar-refractivity contribution is 0.0226. The van der Waals surface area contributed by atoms with E-state index in [1.165, 1.54) is 5.56 Å².